The number of hydrogen-bond donors (Lipinski definition) is 1. The van der Waals surface area contributed by atoms with Gasteiger partial charge in [-0.05, 0) is 52.9 Å². The van der Waals surface area contributed by atoms with Gasteiger partial charge in [0.05, 0.1) is 0 Å². The van der Waals surface area contributed by atoms with Crippen LogP contribution in [0.2, 0.25) is 0 Å². The highest BCUT2D eigenvalue weighted by atomic mass is 79.9. The molecule has 0 fully saturated rings. The molecule has 0 atom stereocenters. The van der Waals surface area contributed by atoms with Crippen molar-refractivity contribution in [2.24, 2.45) is 0 Å². The third kappa shape index (κ3) is 2.50. The van der Waals surface area contributed by atoms with Crippen molar-refractivity contribution in [3.8, 4) is 11.1 Å². The average molecular weight is 344 g/mol. The highest BCUT2D eigenvalue weighted by molar-refractivity contribution is 9.10. The summed E-state index contributed by atoms with van der Waals surface area (Å²) in [7, 11) is 0. The molecule has 21 heavy (non-hydrogen) atoms. The van der Waals surface area contributed by atoms with Crippen LogP contribution in [0, 0.1) is 0 Å². The molecule has 1 nitrogen and oxygen atoms in total. The Bertz CT molecular complexity index is 673. The van der Waals surface area contributed by atoms with Crippen LogP contribution in [0.15, 0.2) is 40.9 Å². The number of anilines is 1. The lowest BCUT2D eigenvalue weighted by Crippen LogP contribution is -2.15. The summed E-state index contributed by atoms with van der Waals surface area (Å²) in [6.45, 7) is 7.91. The first-order valence-electron chi connectivity index (χ1n) is 7.73. The van der Waals surface area contributed by atoms with E-state index in [-0.39, 0.29) is 5.41 Å². The van der Waals surface area contributed by atoms with E-state index in [1.165, 1.54) is 40.8 Å². The summed E-state index contributed by atoms with van der Waals surface area (Å²) < 4.78 is 1.16. The van der Waals surface area contributed by atoms with Crippen LogP contribution >= 0.6 is 15.9 Å². The Labute approximate surface area is 135 Å². The van der Waals surface area contributed by atoms with E-state index in [4.69, 9.17) is 0 Å². The van der Waals surface area contributed by atoms with Crippen LogP contribution in [0.25, 0.3) is 11.1 Å². The molecule has 0 amide bonds. The zero-order chi connectivity index (χ0) is 15.0. The van der Waals surface area contributed by atoms with Gasteiger partial charge in [-0.2, -0.15) is 0 Å². The Kier molecular flexibility index (Phi) is 3.83. The van der Waals surface area contributed by atoms with Gasteiger partial charge in [0.25, 0.3) is 0 Å². The number of rotatable bonds is 4. The summed E-state index contributed by atoms with van der Waals surface area (Å²) in [4.78, 5) is 0. The molecule has 0 saturated carbocycles. The van der Waals surface area contributed by atoms with Crippen molar-refractivity contribution in [2.75, 3.05) is 11.9 Å². The van der Waals surface area contributed by atoms with E-state index >= 15 is 0 Å². The number of benzene rings is 2. The lowest BCUT2D eigenvalue weighted by Gasteiger charge is -2.22. The van der Waals surface area contributed by atoms with E-state index in [1.54, 1.807) is 0 Å². The summed E-state index contributed by atoms with van der Waals surface area (Å²) in [5, 5.41) is 3.54. The van der Waals surface area contributed by atoms with Crippen LogP contribution < -0.4 is 5.32 Å². The van der Waals surface area contributed by atoms with Crippen LogP contribution in [0.3, 0.4) is 0 Å². The molecule has 110 valence electrons. The Balaban J connectivity index is 2.01. The summed E-state index contributed by atoms with van der Waals surface area (Å²) >= 11 is 3.61. The third-order valence-electron chi connectivity index (χ3n) is 4.50. The third-order valence-corrected chi connectivity index (χ3v) is 4.99. The van der Waals surface area contributed by atoms with Gasteiger partial charge < -0.3 is 5.32 Å². The number of halogens is 1. The van der Waals surface area contributed by atoms with Gasteiger partial charge in [0, 0.05) is 22.1 Å². The first kappa shape index (κ1) is 14.6. The lowest BCUT2D eigenvalue weighted by atomic mass is 9.82. The molecule has 3 rings (SSSR count). The highest BCUT2D eigenvalue weighted by Gasteiger charge is 2.35. The van der Waals surface area contributed by atoms with Gasteiger partial charge in [-0.15, -0.1) is 0 Å². The molecule has 0 radical (unpaired) electrons. The fraction of sp³-hybridized carbons (Fsp3) is 0.368. The van der Waals surface area contributed by atoms with Gasteiger partial charge in [0.15, 0.2) is 0 Å². The standard InChI is InChI=1S/C19H22BrN/c1-4-5-10-21-14-7-9-16-15-8-6-13(20)11-17(15)19(2,3)18(16)12-14/h6-9,11-12,21H,4-5,10H2,1-3H3. The first-order chi connectivity index (χ1) is 10.0. The van der Waals surface area contributed by atoms with Gasteiger partial charge in [-0.25, -0.2) is 0 Å². The molecule has 0 unspecified atom stereocenters. The van der Waals surface area contributed by atoms with Crippen LogP contribution in [0.5, 0.6) is 0 Å². The zero-order valence-electron chi connectivity index (χ0n) is 13.0. The van der Waals surface area contributed by atoms with E-state index in [2.05, 4.69) is 78.4 Å². The summed E-state index contributed by atoms with van der Waals surface area (Å²) in [5.41, 5.74) is 6.90. The number of nitrogens with one attached hydrogen (secondary N) is 1. The minimum atomic E-state index is 0.0664. The lowest BCUT2D eigenvalue weighted by molar-refractivity contribution is 0.660. The van der Waals surface area contributed by atoms with Crippen molar-refractivity contribution in [1.82, 2.24) is 0 Å². The van der Waals surface area contributed by atoms with Crippen LogP contribution in [0.4, 0.5) is 5.69 Å². The van der Waals surface area contributed by atoms with Crippen LogP contribution in [-0.2, 0) is 5.41 Å². The largest absolute Gasteiger partial charge is 0.385 e. The minimum absolute atomic E-state index is 0.0664. The first-order valence-corrected chi connectivity index (χ1v) is 8.52. The molecular formula is C19H22BrN. The average Bonchev–Trinajstić information content (AvgIpc) is 2.68. The molecular weight excluding hydrogens is 322 g/mol. The molecule has 0 aliphatic heterocycles. The summed E-state index contributed by atoms with van der Waals surface area (Å²) in [5.74, 6) is 0. The second kappa shape index (κ2) is 5.49. The normalized spacial score (nSPS) is 14.7. The van der Waals surface area contributed by atoms with Gasteiger partial charge in [0.1, 0.15) is 0 Å². The fourth-order valence-electron chi connectivity index (χ4n) is 3.23. The summed E-state index contributed by atoms with van der Waals surface area (Å²) in [6.07, 6.45) is 2.44. The monoisotopic (exact) mass is 343 g/mol. The minimum Gasteiger partial charge on any atom is -0.385 e. The van der Waals surface area contributed by atoms with E-state index < -0.39 is 0 Å². The van der Waals surface area contributed by atoms with Gasteiger partial charge in [-0.3, -0.25) is 0 Å². The molecule has 2 aromatic carbocycles. The van der Waals surface area contributed by atoms with E-state index in [0.717, 1.165) is 11.0 Å². The van der Waals surface area contributed by atoms with Crippen molar-refractivity contribution in [3.05, 3.63) is 52.0 Å². The number of fused-ring (bicyclic) bond motifs is 3. The molecule has 0 heterocycles. The molecule has 1 aliphatic carbocycles. The van der Waals surface area contributed by atoms with E-state index in [1.807, 2.05) is 0 Å². The Morgan fingerprint density at radius 1 is 1.00 bits per heavy atom. The second-order valence-corrected chi connectivity index (χ2v) is 7.27. The quantitative estimate of drug-likeness (QED) is 0.674. The van der Waals surface area contributed by atoms with Gasteiger partial charge >= 0.3 is 0 Å². The fourth-order valence-corrected chi connectivity index (χ4v) is 3.59. The maximum absolute atomic E-state index is 3.61. The highest BCUT2D eigenvalue weighted by Crippen LogP contribution is 2.49. The number of unbranched alkanes of at least 4 members (excludes halogenated alkanes) is 1. The van der Waals surface area contributed by atoms with Crippen LogP contribution in [0.1, 0.15) is 44.7 Å². The van der Waals surface area contributed by atoms with Crippen molar-refractivity contribution in [1.29, 1.82) is 0 Å². The maximum atomic E-state index is 3.61. The predicted molar refractivity (Wildman–Crippen MR) is 95.1 cm³/mol. The van der Waals surface area contributed by atoms with Crippen molar-refractivity contribution in [3.63, 3.8) is 0 Å². The molecule has 0 aromatic heterocycles. The SMILES string of the molecule is CCCCNc1ccc2c(c1)C(C)(C)c1cc(Br)ccc1-2. The molecule has 2 heteroatoms. The van der Waals surface area contributed by atoms with E-state index in [9.17, 15) is 0 Å². The Morgan fingerprint density at radius 2 is 1.67 bits per heavy atom. The number of hydrogen-bond acceptors (Lipinski definition) is 1. The molecule has 2 aromatic rings. The Hall–Kier alpha value is -1.28. The topological polar surface area (TPSA) is 12.0 Å². The Morgan fingerprint density at radius 3 is 2.38 bits per heavy atom. The predicted octanol–water partition coefficient (Wildman–Crippen LogP) is 5.97. The van der Waals surface area contributed by atoms with Crippen LogP contribution in [-0.4, -0.2) is 6.54 Å². The van der Waals surface area contributed by atoms with Crippen molar-refractivity contribution < 1.29 is 0 Å². The zero-order valence-corrected chi connectivity index (χ0v) is 14.5. The smallest absolute Gasteiger partial charge is 0.0343 e. The summed E-state index contributed by atoms with van der Waals surface area (Å²) in [6, 6.07) is 13.4. The molecule has 0 saturated heterocycles. The second-order valence-electron chi connectivity index (χ2n) is 6.36. The van der Waals surface area contributed by atoms with Crippen molar-refractivity contribution in [2.45, 2.75) is 39.0 Å². The molecule has 1 N–H and O–H groups in total. The molecule has 0 spiro atoms. The maximum Gasteiger partial charge on any atom is 0.0343 e. The van der Waals surface area contributed by atoms with E-state index in [0.29, 0.717) is 0 Å². The van der Waals surface area contributed by atoms with Gasteiger partial charge in [-0.1, -0.05) is 55.3 Å². The van der Waals surface area contributed by atoms with Gasteiger partial charge in [0.2, 0.25) is 0 Å². The molecule has 1 aliphatic rings. The molecule has 0 bridgehead atoms. The van der Waals surface area contributed by atoms with Crippen molar-refractivity contribution >= 4 is 21.6 Å².